The molecule has 3 nitrogen and oxygen atoms in total. The number of carboxylic acids is 1. The largest absolute Gasteiger partial charge is 0.475 e. The third kappa shape index (κ3) is 2.37. The number of aryl methyl sites for hydroxylation is 1. The molecule has 0 fully saturated rings. The second-order valence-corrected chi connectivity index (χ2v) is 3.01. The first-order valence-electron chi connectivity index (χ1n) is 4.09. The average molecular weight is 214 g/mol. The summed E-state index contributed by atoms with van der Waals surface area (Å²) in [5.41, 5.74) is -0.183. The lowest BCUT2D eigenvalue weighted by Gasteiger charge is -2.05. The van der Waals surface area contributed by atoms with E-state index in [2.05, 4.69) is 0 Å². The summed E-state index contributed by atoms with van der Waals surface area (Å²) in [4.78, 5) is 21.5. The van der Waals surface area contributed by atoms with Crippen molar-refractivity contribution >= 4 is 11.8 Å². The van der Waals surface area contributed by atoms with E-state index in [1.807, 2.05) is 0 Å². The number of alkyl halides is 2. The van der Waals surface area contributed by atoms with Crippen LogP contribution < -0.4 is 0 Å². The molecule has 0 radical (unpaired) electrons. The van der Waals surface area contributed by atoms with Crippen LogP contribution in [0.5, 0.6) is 0 Å². The summed E-state index contributed by atoms with van der Waals surface area (Å²) >= 11 is 0. The van der Waals surface area contributed by atoms with Gasteiger partial charge in [0.05, 0.1) is 0 Å². The Labute approximate surface area is 84.3 Å². The Kier molecular flexibility index (Phi) is 3.14. The minimum absolute atomic E-state index is 0.194. The summed E-state index contributed by atoms with van der Waals surface area (Å²) in [6.45, 7) is 1.49. The van der Waals surface area contributed by atoms with Crippen LogP contribution in [0.15, 0.2) is 18.2 Å². The van der Waals surface area contributed by atoms with Crippen molar-refractivity contribution in [1.82, 2.24) is 0 Å². The molecule has 5 heteroatoms. The summed E-state index contributed by atoms with van der Waals surface area (Å²) in [7, 11) is 0. The lowest BCUT2D eigenvalue weighted by molar-refractivity contribution is -0.131. The quantitative estimate of drug-likeness (QED) is 0.619. The van der Waals surface area contributed by atoms with Crippen molar-refractivity contribution in [3.8, 4) is 0 Å². The molecule has 0 amide bonds. The van der Waals surface area contributed by atoms with Crippen molar-refractivity contribution < 1.29 is 23.5 Å². The smallest absolute Gasteiger partial charge is 0.377 e. The number of benzene rings is 1. The average Bonchev–Trinajstić information content (AvgIpc) is 2.16. The van der Waals surface area contributed by atoms with Gasteiger partial charge in [-0.2, -0.15) is 0 Å². The van der Waals surface area contributed by atoms with Crippen molar-refractivity contribution in [3.63, 3.8) is 0 Å². The van der Waals surface area contributed by atoms with Crippen LogP contribution >= 0.6 is 0 Å². The first-order chi connectivity index (χ1) is 6.93. The molecule has 0 aliphatic rings. The van der Waals surface area contributed by atoms with E-state index in [9.17, 15) is 18.4 Å². The van der Waals surface area contributed by atoms with Gasteiger partial charge in [-0.3, -0.25) is 4.79 Å². The predicted octanol–water partition coefficient (Wildman–Crippen LogP) is 2.20. The number of Topliss-reactive ketones (excluding diaryl/α,β-unsaturated/α-hetero) is 1. The molecule has 1 rings (SSSR count). The van der Waals surface area contributed by atoms with Crippen LogP contribution in [-0.2, 0) is 4.79 Å². The Hall–Kier alpha value is -1.78. The third-order valence-corrected chi connectivity index (χ3v) is 1.95. The highest BCUT2D eigenvalue weighted by Crippen LogP contribution is 2.21. The molecule has 0 saturated carbocycles. The Morgan fingerprint density at radius 1 is 1.33 bits per heavy atom. The maximum atomic E-state index is 12.3. The summed E-state index contributed by atoms with van der Waals surface area (Å²) in [6, 6.07) is 3.38. The number of ketones is 1. The number of carbonyl (C=O) groups is 2. The van der Waals surface area contributed by atoms with Crippen molar-refractivity contribution in [3.05, 3.63) is 34.9 Å². The fourth-order valence-electron chi connectivity index (χ4n) is 1.14. The number of hydrogen-bond donors (Lipinski definition) is 1. The molecule has 0 aliphatic heterocycles. The van der Waals surface area contributed by atoms with Crippen LogP contribution in [0.25, 0.3) is 0 Å². The van der Waals surface area contributed by atoms with Crippen LogP contribution in [0.1, 0.15) is 27.9 Å². The highest BCUT2D eigenvalue weighted by Gasteiger charge is 2.19. The molecule has 0 heterocycles. The summed E-state index contributed by atoms with van der Waals surface area (Å²) in [6.07, 6.45) is -2.72. The molecule has 0 saturated heterocycles. The number of carbonyl (C=O) groups excluding carboxylic acids is 1. The van der Waals surface area contributed by atoms with Crippen molar-refractivity contribution in [1.29, 1.82) is 0 Å². The molecule has 0 atom stereocenters. The molecule has 0 bridgehead atoms. The molecule has 0 spiro atoms. The van der Waals surface area contributed by atoms with E-state index in [0.29, 0.717) is 5.56 Å². The van der Waals surface area contributed by atoms with Gasteiger partial charge in [-0.25, -0.2) is 13.6 Å². The molecular weight excluding hydrogens is 206 g/mol. The van der Waals surface area contributed by atoms with E-state index in [0.717, 1.165) is 6.07 Å². The van der Waals surface area contributed by atoms with Crippen LogP contribution in [0.2, 0.25) is 0 Å². The molecule has 15 heavy (non-hydrogen) atoms. The van der Waals surface area contributed by atoms with Crippen LogP contribution in [0.4, 0.5) is 8.78 Å². The maximum absolute atomic E-state index is 12.3. The van der Waals surface area contributed by atoms with Crippen LogP contribution in [0.3, 0.4) is 0 Å². The van der Waals surface area contributed by atoms with E-state index in [1.54, 1.807) is 0 Å². The predicted molar refractivity (Wildman–Crippen MR) is 48.1 cm³/mol. The Balaban J connectivity index is 3.22. The summed E-state index contributed by atoms with van der Waals surface area (Å²) < 4.78 is 24.6. The van der Waals surface area contributed by atoms with Gasteiger partial charge in [-0.1, -0.05) is 12.1 Å². The Morgan fingerprint density at radius 3 is 2.40 bits per heavy atom. The molecule has 0 aliphatic carbocycles. The SMILES string of the molecule is Cc1ccc(C(F)F)cc1C(=O)C(=O)O. The Bertz CT molecular complexity index is 413. The molecule has 0 unspecified atom stereocenters. The van der Waals surface area contributed by atoms with E-state index in [-0.39, 0.29) is 11.1 Å². The molecule has 1 aromatic carbocycles. The molecule has 0 aromatic heterocycles. The minimum Gasteiger partial charge on any atom is -0.475 e. The maximum Gasteiger partial charge on any atom is 0.377 e. The highest BCUT2D eigenvalue weighted by molar-refractivity contribution is 6.40. The fraction of sp³-hybridized carbons (Fsp3) is 0.200. The minimum atomic E-state index is -2.72. The lowest BCUT2D eigenvalue weighted by Crippen LogP contribution is -2.14. The van der Waals surface area contributed by atoms with Gasteiger partial charge in [0.2, 0.25) is 0 Å². The number of aliphatic carboxylic acids is 1. The zero-order valence-electron chi connectivity index (χ0n) is 7.83. The van der Waals surface area contributed by atoms with Gasteiger partial charge in [0.1, 0.15) is 0 Å². The molecule has 1 aromatic rings. The van der Waals surface area contributed by atoms with Gasteiger partial charge < -0.3 is 5.11 Å². The number of hydrogen-bond acceptors (Lipinski definition) is 2. The van der Waals surface area contributed by atoms with Crippen molar-refractivity contribution in [2.45, 2.75) is 13.3 Å². The fourth-order valence-corrected chi connectivity index (χ4v) is 1.14. The zero-order chi connectivity index (χ0) is 11.6. The van der Waals surface area contributed by atoms with E-state index in [4.69, 9.17) is 5.11 Å². The van der Waals surface area contributed by atoms with E-state index in [1.165, 1.54) is 19.1 Å². The van der Waals surface area contributed by atoms with Gasteiger partial charge in [0.15, 0.2) is 0 Å². The lowest BCUT2D eigenvalue weighted by atomic mass is 10.0. The summed E-state index contributed by atoms with van der Waals surface area (Å²) in [5, 5.41) is 8.45. The molecule has 1 N–H and O–H groups in total. The normalized spacial score (nSPS) is 10.4. The van der Waals surface area contributed by atoms with Crippen molar-refractivity contribution in [2.24, 2.45) is 0 Å². The highest BCUT2D eigenvalue weighted by atomic mass is 19.3. The van der Waals surface area contributed by atoms with Gasteiger partial charge in [-0.15, -0.1) is 0 Å². The molecule has 80 valence electrons. The van der Waals surface area contributed by atoms with Crippen LogP contribution in [-0.4, -0.2) is 16.9 Å². The number of carboxylic acid groups (broad SMARTS) is 1. The number of halogens is 2. The number of rotatable bonds is 3. The monoisotopic (exact) mass is 214 g/mol. The topological polar surface area (TPSA) is 54.4 Å². The van der Waals surface area contributed by atoms with Crippen LogP contribution in [0, 0.1) is 6.92 Å². The first kappa shape index (κ1) is 11.3. The summed E-state index contributed by atoms with van der Waals surface area (Å²) in [5.74, 6) is -2.82. The van der Waals surface area contributed by atoms with Gasteiger partial charge >= 0.3 is 5.97 Å². The Morgan fingerprint density at radius 2 is 1.93 bits per heavy atom. The van der Waals surface area contributed by atoms with E-state index < -0.39 is 18.2 Å². The van der Waals surface area contributed by atoms with E-state index >= 15 is 0 Å². The molecular formula is C10H8F2O3. The zero-order valence-corrected chi connectivity index (χ0v) is 7.83. The van der Waals surface area contributed by atoms with Gasteiger partial charge in [0.25, 0.3) is 12.2 Å². The van der Waals surface area contributed by atoms with Gasteiger partial charge in [0, 0.05) is 11.1 Å². The third-order valence-electron chi connectivity index (χ3n) is 1.95. The first-order valence-corrected chi connectivity index (χ1v) is 4.09. The van der Waals surface area contributed by atoms with Crippen molar-refractivity contribution in [2.75, 3.05) is 0 Å². The standard InChI is InChI=1S/C10H8F2O3/c1-5-2-3-6(9(11)12)4-7(5)8(13)10(14)15/h2-4,9H,1H3,(H,14,15). The second-order valence-electron chi connectivity index (χ2n) is 3.01. The van der Waals surface area contributed by atoms with Gasteiger partial charge in [-0.05, 0) is 18.6 Å². The second kappa shape index (κ2) is 4.16.